The SMILES string of the molecule is C#CCNC(=O)CNC(=O)CN1C(=O)NC2(CCC(C(C)(C)CC)CC2)C1=O. The molecule has 2 rings (SSSR count). The van der Waals surface area contributed by atoms with Crippen LogP contribution in [0.4, 0.5) is 4.79 Å². The van der Waals surface area contributed by atoms with E-state index in [0.717, 1.165) is 24.2 Å². The lowest BCUT2D eigenvalue weighted by Crippen LogP contribution is -2.51. The first-order valence-corrected chi connectivity index (χ1v) is 9.76. The van der Waals surface area contributed by atoms with E-state index in [4.69, 9.17) is 6.42 Å². The lowest BCUT2D eigenvalue weighted by Gasteiger charge is -2.42. The highest BCUT2D eigenvalue weighted by Gasteiger charge is 2.53. The van der Waals surface area contributed by atoms with Gasteiger partial charge in [-0.15, -0.1) is 6.42 Å². The van der Waals surface area contributed by atoms with E-state index in [1.807, 2.05) is 0 Å². The average molecular weight is 390 g/mol. The zero-order chi connectivity index (χ0) is 20.9. The number of nitrogens with zero attached hydrogens (tertiary/aromatic N) is 1. The minimum Gasteiger partial charge on any atom is -0.345 e. The van der Waals surface area contributed by atoms with Crippen LogP contribution in [0.2, 0.25) is 0 Å². The summed E-state index contributed by atoms with van der Waals surface area (Å²) in [5, 5.41) is 7.62. The van der Waals surface area contributed by atoms with Crippen molar-refractivity contribution in [1.29, 1.82) is 0 Å². The van der Waals surface area contributed by atoms with Gasteiger partial charge in [-0.25, -0.2) is 4.79 Å². The van der Waals surface area contributed by atoms with Crippen molar-refractivity contribution in [1.82, 2.24) is 20.9 Å². The number of amides is 5. The number of hydrogen-bond acceptors (Lipinski definition) is 4. The Hall–Kier alpha value is -2.56. The number of nitrogens with one attached hydrogen (secondary N) is 3. The molecule has 5 amide bonds. The van der Waals surface area contributed by atoms with Gasteiger partial charge in [0.25, 0.3) is 5.91 Å². The van der Waals surface area contributed by atoms with Crippen LogP contribution in [0.25, 0.3) is 0 Å². The first-order valence-electron chi connectivity index (χ1n) is 9.76. The van der Waals surface area contributed by atoms with Gasteiger partial charge in [-0.2, -0.15) is 0 Å². The first-order chi connectivity index (χ1) is 13.1. The Morgan fingerprint density at radius 2 is 1.89 bits per heavy atom. The number of urea groups is 1. The lowest BCUT2D eigenvalue weighted by atomic mass is 9.65. The molecule has 1 aliphatic carbocycles. The van der Waals surface area contributed by atoms with Gasteiger partial charge < -0.3 is 16.0 Å². The normalized spacial score (nSPS) is 24.6. The summed E-state index contributed by atoms with van der Waals surface area (Å²) in [6.45, 7) is 6.05. The maximum Gasteiger partial charge on any atom is 0.325 e. The van der Waals surface area contributed by atoms with Crippen LogP contribution in [-0.4, -0.2) is 53.8 Å². The highest BCUT2D eigenvalue weighted by Crippen LogP contribution is 2.45. The van der Waals surface area contributed by atoms with Gasteiger partial charge in [-0.1, -0.05) is 33.1 Å². The number of hydrogen-bond donors (Lipinski definition) is 3. The molecule has 2 aliphatic rings. The van der Waals surface area contributed by atoms with Gasteiger partial charge in [0.2, 0.25) is 11.8 Å². The minimum absolute atomic E-state index is 0.0695. The second-order valence-corrected chi connectivity index (χ2v) is 8.28. The fraction of sp³-hybridized carbons (Fsp3) is 0.700. The number of rotatable bonds is 7. The van der Waals surface area contributed by atoms with Crippen molar-refractivity contribution in [2.75, 3.05) is 19.6 Å². The molecule has 0 bridgehead atoms. The molecular formula is C20H30N4O4. The second-order valence-electron chi connectivity index (χ2n) is 8.28. The van der Waals surface area contributed by atoms with Gasteiger partial charge >= 0.3 is 6.03 Å². The summed E-state index contributed by atoms with van der Waals surface area (Å²) >= 11 is 0. The van der Waals surface area contributed by atoms with Crippen molar-refractivity contribution in [3.63, 3.8) is 0 Å². The van der Waals surface area contributed by atoms with Gasteiger partial charge in [-0.05, 0) is 37.0 Å². The van der Waals surface area contributed by atoms with Crippen molar-refractivity contribution in [3.8, 4) is 12.3 Å². The van der Waals surface area contributed by atoms with Crippen molar-refractivity contribution >= 4 is 23.8 Å². The Kier molecular flexibility index (Phi) is 6.70. The number of terminal acetylenes is 1. The summed E-state index contributed by atoms with van der Waals surface area (Å²) in [4.78, 5) is 49.7. The Labute approximate surface area is 166 Å². The Bertz CT molecular complexity index is 687. The zero-order valence-electron chi connectivity index (χ0n) is 16.9. The lowest BCUT2D eigenvalue weighted by molar-refractivity contribution is -0.136. The van der Waals surface area contributed by atoms with Gasteiger partial charge in [0.05, 0.1) is 13.1 Å². The largest absolute Gasteiger partial charge is 0.345 e. The van der Waals surface area contributed by atoms with Crippen LogP contribution in [-0.2, 0) is 14.4 Å². The van der Waals surface area contributed by atoms with E-state index in [-0.39, 0.29) is 24.4 Å². The van der Waals surface area contributed by atoms with Crippen LogP contribution in [0.5, 0.6) is 0 Å². The molecule has 28 heavy (non-hydrogen) atoms. The Balaban J connectivity index is 1.91. The summed E-state index contributed by atoms with van der Waals surface area (Å²) in [5.41, 5.74) is -0.700. The summed E-state index contributed by atoms with van der Waals surface area (Å²) < 4.78 is 0. The van der Waals surface area contributed by atoms with E-state index < -0.39 is 29.9 Å². The molecule has 1 heterocycles. The molecule has 8 heteroatoms. The van der Waals surface area contributed by atoms with Gasteiger partial charge in [0.1, 0.15) is 12.1 Å². The predicted octanol–water partition coefficient (Wildman–Crippen LogP) is 0.769. The van der Waals surface area contributed by atoms with Crippen LogP contribution >= 0.6 is 0 Å². The smallest absolute Gasteiger partial charge is 0.325 e. The quantitative estimate of drug-likeness (QED) is 0.441. The van der Waals surface area contributed by atoms with Gasteiger partial charge in [-0.3, -0.25) is 19.3 Å². The summed E-state index contributed by atoms with van der Waals surface area (Å²) in [7, 11) is 0. The Morgan fingerprint density at radius 1 is 1.25 bits per heavy atom. The van der Waals surface area contributed by atoms with Crippen molar-refractivity contribution in [2.45, 2.75) is 58.4 Å². The summed E-state index contributed by atoms with van der Waals surface area (Å²) in [6, 6.07) is -0.551. The molecule has 0 atom stereocenters. The topological polar surface area (TPSA) is 108 Å². The molecule has 2 fully saturated rings. The number of imide groups is 1. The fourth-order valence-corrected chi connectivity index (χ4v) is 3.93. The third-order valence-electron chi connectivity index (χ3n) is 6.24. The van der Waals surface area contributed by atoms with E-state index in [2.05, 4.69) is 42.6 Å². The molecule has 0 unspecified atom stereocenters. The maximum atomic E-state index is 12.9. The van der Waals surface area contributed by atoms with E-state index in [1.165, 1.54) is 0 Å². The number of carbonyl (C=O) groups is 4. The van der Waals surface area contributed by atoms with E-state index in [9.17, 15) is 19.2 Å². The molecule has 1 saturated heterocycles. The van der Waals surface area contributed by atoms with Crippen LogP contribution < -0.4 is 16.0 Å². The summed E-state index contributed by atoms with van der Waals surface area (Å²) in [6.07, 6.45) is 8.99. The average Bonchev–Trinajstić information content (AvgIpc) is 2.89. The molecule has 1 saturated carbocycles. The molecule has 0 aromatic rings. The molecule has 1 spiro atoms. The monoisotopic (exact) mass is 390 g/mol. The van der Waals surface area contributed by atoms with Gasteiger partial charge in [0.15, 0.2) is 0 Å². The molecule has 0 aromatic carbocycles. The molecule has 154 valence electrons. The van der Waals surface area contributed by atoms with E-state index in [1.54, 1.807) is 0 Å². The van der Waals surface area contributed by atoms with Crippen LogP contribution in [0, 0.1) is 23.7 Å². The summed E-state index contributed by atoms with van der Waals surface area (Å²) in [5.74, 6) is 1.41. The standard InChI is InChI=1S/C20H30N4O4/c1-5-11-21-15(25)12-22-16(26)13-24-17(27)20(23-18(24)28)9-7-14(8-10-20)19(3,4)6-2/h1,14H,6-13H2,2-4H3,(H,21,25)(H,22,26)(H,23,28). The zero-order valence-corrected chi connectivity index (χ0v) is 16.9. The Morgan fingerprint density at radius 3 is 2.46 bits per heavy atom. The molecular weight excluding hydrogens is 360 g/mol. The second kappa shape index (κ2) is 8.63. The third kappa shape index (κ3) is 4.64. The van der Waals surface area contributed by atoms with Crippen molar-refractivity contribution in [3.05, 3.63) is 0 Å². The third-order valence-corrected chi connectivity index (χ3v) is 6.24. The van der Waals surface area contributed by atoms with Crippen molar-refractivity contribution in [2.24, 2.45) is 11.3 Å². The van der Waals surface area contributed by atoms with Crippen LogP contribution in [0.1, 0.15) is 52.9 Å². The molecule has 3 N–H and O–H groups in total. The molecule has 0 aromatic heterocycles. The van der Waals surface area contributed by atoms with Crippen LogP contribution in [0.3, 0.4) is 0 Å². The van der Waals surface area contributed by atoms with E-state index >= 15 is 0 Å². The van der Waals surface area contributed by atoms with Gasteiger partial charge in [0, 0.05) is 0 Å². The number of carbonyl (C=O) groups excluding carboxylic acids is 4. The van der Waals surface area contributed by atoms with E-state index in [0.29, 0.717) is 18.8 Å². The molecule has 1 aliphatic heterocycles. The highest BCUT2D eigenvalue weighted by molar-refractivity contribution is 6.09. The first kappa shape index (κ1) is 21.7. The fourth-order valence-electron chi connectivity index (χ4n) is 3.93. The minimum atomic E-state index is -0.901. The van der Waals surface area contributed by atoms with Crippen LogP contribution in [0.15, 0.2) is 0 Å². The highest BCUT2D eigenvalue weighted by atomic mass is 16.2. The molecule has 0 radical (unpaired) electrons. The molecule has 8 nitrogen and oxygen atoms in total. The maximum absolute atomic E-state index is 12.9. The predicted molar refractivity (Wildman–Crippen MR) is 104 cm³/mol. The van der Waals surface area contributed by atoms with Crippen molar-refractivity contribution < 1.29 is 19.2 Å².